The molecule has 1 saturated heterocycles. The van der Waals surface area contributed by atoms with Gasteiger partial charge in [-0.3, -0.25) is 4.79 Å². The molecule has 1 aromatic rings. The Morgan fingerprint density at radius 2 is 1.79 bits per heavy atom. The molecular weight excluding hydrogens is 390 g/mol. The van der Waals surface area contributed by atoms with Gasteiger partial charge in [-0.05, 0) is 50.8 Å². The second-order valence-corrected chi connectivity index (χ2v) is 10.1. The Bertz CT molecular complexity index is 770. The molecule has 2 aliphatic rings. The molecule has 1 heterocycles. The van der Waals surface area contributed by atoms with Gasteiger partial charge in [0.15, 0.2) is 6.04 Å². The number of quaternary nitrogens is 1. The van der Waals surface area contributed by atoms with Crippen molar-refractivity contribution in [2.24, 2.45) is 0 Å². The Hall–Kier alpha value is -1.48. The van der Waals surface area contributed by atoms with E-state index in [1.54, 1.807) is 24.3 Å². The Balaban J connectivity index is 1.60. The number of nitrogens with two attached hydrogens (primary N) is 1. The van der Waals surface area contributed by atoms with E-state index in [4.69, 9.17) is 4.74 Å². The van der Waals surface area contributed by atoms with Crippen LogP contribution in [0, 0.1) is 0 Å². The number of sulfonamides is 1. The van der Waals surface area contributed by atoms with Gasteiger partial charge < -0.3 is 15.4 Å². The first-order chi connectivity index (χ1) is 14.0. The lowest BCUT2D eigenvalue weighted by Crippen LogP contribution is -2.96. The largest absolute Gasteiger partial charge is 0.379 e. The quantitative estimate of drug-likeness (QED) is 0.727. The summed E-state index contributed by atoms with van der Waals surface area (Å²) in [4.78, 5) is 12.9. The van der Waals surface area contributed by atoms with E-state index >= 15 is 0 Å². The summed E-state index contributed by atoms with van der Waals surface area (Å²) in [7, 11) is -3.58. The molecule has 29 heavy (non-hydrogen) atoms. The molecule has 2 fully saturated rings. The van der Waals surface area contributed by atoms with Crippen LogP contribution in [0.3, 0.4) is 0 Å². The first kappa shape index (κ1) is 22.2. The summed E-state index contributed by atoms with van der Waals surface area (Å²) in [6.45, 7) is 3.44. The van der Waals surface area contributed by atoms with E-state index in [1.165, 1.54) is 36.4 Å². The number of hydrogen-bond acceptors (Lipinski definition) is 4. The first-order valence-corrected chi connectivity index (χ1v) is 12.2. The van der Waals surface area contributed by atoms with Crippen LogP contribution in [0.2, 0.25) is 0 Å². The Morgan fingerprint density at radius 3 is 2.48 bits per heavy atom. The van der Waals surface area contributed by atoms with E-state index in [-0.39, 0.29) is 16.8 Å². The molecule has 1 atom stereocenters. The third kappa shape index (κ3) is 6.25. The van der Waals surface area contributed by atoms with Gasteiger partial charge in [0.05, 0.1) is 24.2 Å². The molecule has 7 nitrogen and oxygen atoms in total. The van der Waals surface area contributed by atoms with Crippen LogP contribution in [-0.2, 0) is 19.6 Å². The fourth-order valence-corrected chi connectivity index (χ4v) is 5.56. The van der Waals surface area contributed by atoms with Gasteiger partial charge in [-0.25, -0.2) is 8.42 Å². The number of carbonyl (C=O) groups excluding carboxylic acids is 1. The van der Waals surface area contributed by atoms with Gasteiger partial charge in [-0.15, -0.1) is 0 Å². The SMILES string of the molecule is C[C@H]([NH2+]C1CCCCCCC1)C(=O)Nc1cccc(S(=O)(=O)N2CCOCC2)c1. The van der Waals surface area contributed by atoms with Crippen molar-refractivity contribution in [1.82, 2.24) is 4.31 Å². The number of nitrogens with one attached hydrogen (secondary N) is 1. The molecule has 1 saturated carbocycles. The predicted octanol–water partition coefficient (Wildman–Crippen LogP) is 1.71. The van der Waals surface area contributed by atoms with Crippen molar-refractivity contribution in [3.63, 3.8) is 0 Å². The van der Waals surface area contributed by atoms with E-state index in [9.17, 15) is 13.2 Å². The van der Waals surface area contributed by atoms with E-state index in [2.05, 4.69) is 10.6 Å². The molecule has 1 amide bonds. The number of nitrogens with zero attached hydrogens (tertiary/aromatic N) is 1. The zero-order chi connectivity index (χ0) is 20.7. The summed E-state index contributed by atoms with van der Waals surface area (Å²) < 4.78 is 32.3. The average Bonchev–Trinajstić information content (AvgIpc) is 2.70. The Labute approximate surface area is 174 Å². The zero-order valence-corrected chi connectivity index (χ0v) is 18.1. The van der Waals surface area contributed by atoms with Crippen LogP contribution in [0.15, 0.2) is 29.2 Å². The lowest BCUT2D eigenvalue weighted by atomic mass is 9.96. The van der Waals surface area contributed by atoms with Crippen LogP contribution in [0.4, 0.5) is 5.69 Å². The van der Waals surface area contributed by atoms with Gasteiger partial charge in [0.25, 0.3) is 5.91 Å². The summed E-state index contributed by atoms with van der Waals surface area (Å²) in [5.74, 6) is -0.0898. The molecule has 1 aliphatic heterocycles. The maximum Gasteiger partial charge on any atom is 0.282 e. The number of benzene rings is 1. The van der Waals surface area contributed by atoms with Crippen LogP contribution in [0.1, 0.15) is 51.9 Å². The number of ether oxygens (including phenoxy) is 1. The second kappa shape index (κ2) is 10.5. The maximum absolute atomic E-state index is 12.8. The summed E-state index contributed by atoms with van der Waals surface area (Å²) in [6.07, 6.45) is 8.68. The lowest BCUT2D eigenvalue weighted by molar-refractivity contribution is -0.707. The number of anilines is 1. The summed E-state index contributed by atoms with van der Waals surface area (Å²) in [5.41, 5.74) is 0.516. The number of hydrogen-bond donors (Lipinski definition) is 2. The van der Waals surface area contributed by atoms with Crippen molar-refractivity contribution in [2.75, 3.05) is 31.6 Å². The predicted molar refractivity (Wildman–Crippen MR) is 112 cm³/mol. The monoisotopic (exact) mass is 424 g/mol. The molecular formula is C21H34N3O4S+. The van der Waals surface area contributed by atoms with Crippen molar-refractivity contribution in [3.05, 3.63) is 24.3 Å². The minimum Gasteiger partial charge on any atom is -0.379 e. The first-order valence-electron chi connectivity index (χ1n) is 10.8. The molecule has 1 aliphatic carbocycles. The molecule has 8 heteroatoms. The maximum atomic E-state index is 12.8. The van der Waals surface area contributed by atoms with Crippen molar-refractivity contribution in [3.8, 4) is 0 Å². The van der Waals surface area contributed by atoms with Gasteiger partial charge in [0, 0.05) is 18.8 Å². The highest BCUT2D eigenvalue weighted by molar-refractivity contribution is 7.89. The van der Waals surface area contributed by atoms with Crippen LogP contribution in [0.5, 0.6) is 0 Å². The average molecular weight is 425 g/mol. The fourth-order valence-electron chi connectivity index (χ4n) is 4.10. The van der Waals surface area contributed by atoms with Crippen molar-refractivity contribution in [1.29, 1.82) is 0 Å². The topological polar surface area (TPSA) is 92.3 Å². The van der Waals surface area contributed by atoms with Crippen LogP contribution in [-0.4, -0.2) is 57.0 Å². The van der Waals surface area contributed by atoms with Crippen LogP contribution >= 0.6 is 0 Å². The third-order valence-electron chi connectivity index (χ3n) is 5.83. The second-order valence-electron chi connectivity index (χ2n) is 8.12. The van der Waals surface area contributed by atoms with Gasteiger partial charge in [-0.1, -0.05) is 25.3 Å². The number of rotatable bonds is 6. The molecule has 162 valence electrons. The molecule has 3 N–H and O–H groups in total. The normalized spacial score (nSPS) is 21.1. The Morgan fingerprint density at radius 1 is 1.14 bits per heavy atom. The minimum atomic E-state index is -3.58. The molecule has 0 aromatic heterocycles. The fraction of sp³-hybridized carbons (Fsp3) is 0.667. The molecule has 3 rings (SSSR count). The lowest BCUT2D eigenvalue weighted by Gasteiger charge is -2.26. The van der Waals surface area contributed by atoms with E-state index in [1.807, 2.05) is 6.92 Å². The summed E-state index contributed by atoms with van der Waals surface area (Å²) in [6, 6.07) is 6.81. The summed E-state index contributed by atoms with van der Waals surface area (Å²) >= 11 is 0. The van der Waals surface area contributed by atoms with Gasteiger partial charge in [0.1, 0.15) is 0 Å². The standard InChI is InChI=1S/C21H33N3O4S/c1-17(22-18-8-5-3-2-4-6-9-18)21(25)23-19-10-7-11-20(16-19)29(26,27)24-12-14-28-15-13-24/h7,10-11,16-18,22H,2-6,8-9,12-15H2,1H3,(H,23,25)/p+1/t17-/m0/s1. The van der Waals surface area contributed by atoms with Gasteiger partial charge in [-0.2, -0.15) is 4.31 Å². The van der Waals surface area contributed by atoms with Crippen LogP contribution < -0.4 is 10.6 Å². The molecule has 1 aromatic carbocycles. The Kier molecular flexibility index (Phi) is 8.06. The van der Waals surface area contributed by atoms with E-state index < -0.39 is 10.0 Å². The zero-order valence-electron chi connectivity index (χ0n) is 17.3. The van der Waals surface area contributed by atoms with Gasteiger partial charge >= 0.3 is 0 Å². The highest BCUT2D eigenvalue weighted by Crippen LogP contribution is 2.21. The number of amides is 1. The van der Waals surface area contributed by atoms with Gasteiger partial charge in [0.2, 0.25) is 10.0 Å². The van der Waals surface area contributed by atoms with Crippen molar-refractivity contribution < 1.29 is 23.3 Å². The molecule has 0 spiro atoms. The van der Waals surface area contributed by atoms with Crippen molar-refractivity contribution in [2.45, 2.75) is 68.8 Å². The van der Waals surface area contributed by atoms with Crippen LogP contribution in [0.25, 0.3) is 0 Å². The number of carbonyl (C=O) groups is 1. The highest BCUT2D eigenvalue weighted by Gasteiger charge is 2.27. The molecule has 0 radical (unpaired) electrons. The minimum absolute atomic E-state index is 0.0898. The third-order valence-corrected chi connectivity index (χ3v) is 7.73. The van der Waals surface area contributed by atoms with E-state index in [0.717, 1.165) is 12.8 Å². The number of morpholine rings is 1. The van der Waals surface area contributed by atoms with Crippen molar-refractivity contribution >= 4 is 21.6 Å². The molecule has 0 unspecified atom stereocenters. The smallest absolute Gasteiger partial charge is 0.282 e. The highest BCUT2D eigenvalue weighted by atomic mass is 32.2. The summed E-state index contributed by atoms with van der Waals surface area (Å²) in [5, 5.41) is 5.07. The molecule has 0 bridgehead atoms. The van der Waals surface area contributed by atoms with E-state index in [0.29, 0.717) is 38.0 Å².